The fourth-order valence-electron chi connectivity index (χ4n) is 3.79. The van der Waals surface area contributed by atoms with Crippen LogP contribution in [0.1, 0.15) is 49.1 Å². The topological polar surface area (TPSA) is 149 Å². The van der Waals surface area contributed by atoms with Gasteiger partial charge in [0.2, 0.25) is 0 Å². The van der Waals surface area contributed by atoms with Gasteiger partial charge in [0.1, 0.15) is 0 Å². The number of aryl methyl sites for hydroxylation is 1. The number of ether oxygens (including phenoxy) is 2. The van der Waals surface area contributed by atoms with Crippen LogP contribution in [0.15, 0.2) is 96.1 Å². The Labute approximate surface area is 240 Å². The molecule has 0 aromatic heterocycles. The number of anilines is 1. The van der Waals surface area contributed by atoms with Gasteiger partial charge in [-0.1, -0.05) is 23.8 Å². The molecule has 0 bridgehead atoms. The molecule has 0 aliphatic rings. The number of amides is 2. The van der Waals surface area contributed by atoms with E-state index in [0.717, 1.165) is 5.56 Å². The second kappa shape index (κ2) is 13.5. The molecule has 0 spiro atoms. The predicted molar refractivity (Wildman–Crippen MR) is 156 cm³/mol. The Balaban J connectivity index is 1.39. The predicted octanol–water partition coefficient (Wildman–Crippen LogP) is 5.54. The summed E-state index contributed by atoms with van der Waals surface area (Å²) in [7, 11) is 0. The highest BCUT2D eigenvalue weighted by atomic mass is 16.6. The van der Waals surface area contributed by atoms with E-state index in [1.165, 1.54) is 36.5 Å². The van der Waals surface area contributed by atoms with Crippen molar-refractivity contribution < 1.29 is 28.8 Å². The third-order valence-corrected chi connectivity index (χ3v) is 5.83. The summed E-state index contributed by atoms with van der Waals surface area (Å²) in [4.78, 5) is 48.0. The molecule has 11 heteroatoms. The van der Waals surface area contributed by atoms with Gasteiger partial charge in [-0.25, -0.2) is 10.2 Å². The van der Waals surface area contributed by atoms with Crippen LogP contribution in [0.25, 0.3) is 0 Å². The SMILES string of the molecule is CCOc1cc(C=NNC(=O)c2cccc(NC(=O)c3ccc([N+](=O)[O-])cc3)c2)ccc1OC(=O)c1cccc(C)c1. The largest absolute Gasteiger partial charge is 0.490 e. The molecule has 0 unspecified atom stereocenters. The summed E-state index contributed by atoms with van der Waals surface area (Å²) in [5, 5.41) is 17.5. The molecule has 0 radical (unpaired) electrons. The van der Waals surface area contributed by atoms with Gasteiger partial charge in [0.25, 0.3) is 17.5 Å². The number of nitro groups is 1. The van der Waals surface area contributed by atoms with Crippen molar-refractivity contribution in [3.05, 3.63) is 129 Å². The van der Waals surface area contributed by atoms with E-state index in [1.807, 2.05) is 13.0 Å². The fraction of sp³-hybridized carbons (Fsp3) is 0.0968. The van der Waals surface area contributed by atoms with Crippen LogP contribution in [0.2, 0.25) is 0 Å². The third-order valence-electron chi connectivity index (χ3n) is 5.83. The Kier molecular flexibility index (Phi) is 9.36. The van der Waals surface area contributed by atoms with Crippen LogP contribution in [0.3, 0.4) is 0 Å². The fourth-order valence-corrected chi connectivity index (χ4v) is 3.79. The van der Waals surface area contributed by atoms with E-state index in [2.05, 4.69) is 15.8 Å². The van der Waals surface area contributed by atoms with Crippen LogP contribution in [0.5, 0.6) is 11.5 Å². The molecule has 0 aliphatic carbocycles. The van der Waals surface area contributed by atoms with Crippen LogP contribution < -0.4 is 20.2 Å². The molecular weight excluding hydrogens is 540 g/mol. The number of nitrogens with one attached hydrogen (secondary N) is 2. The van der Waals surface area contributed by atoms with Gasteiger partial charge in [-0.15, -0.1) is 0 Å². The first kappa shape index (κ1) is 29.2. The second-order valence-corrected chi connectivity index (χ2v) is 8.94. The molecule has 0 aliphatic heterocycles. The molecule has 0 fully saturated rings. The zero-order valence-corrected chi connectivity index (χ0v) is 22.7. The van der Waals surface area contributed by atoms with E-state index >= 15 is 0 Å². The molecule has 11 nitrogen and oxygen atoms in total. The summed E-state index contributed by atoms with van der Waals surface area (Å²) in [6.07, 6.45) is 1.41. The van der Waals surface area contributed by atoms with Gasteiger partial charge in [-0.2, -0.15) is 5.10 Å². The summed E-state index contributed by atoms with van der Waals surface area (Å²) >= 11 is 0. The number of carbonyl (C=O) groups excluding carboxylic acids is 3. The molecule has 0 heterocycles. The zero-order chi connectivity index (χ0) is 30.1. The van der Waals surface area contributed by atoms with Crippen molar-refractivity contribution in [2.24, 2.45) is 5.10 Å². The maximum atomic E-state index is 12.7. The van der Waals surface area contributed by atoms with E-state index < -0.39 is 22.7 Å². The number of hydrazone groups is 1. The molecule has 212 valence electrons. The average Bonchev–Trinajstić information content (AvgIpc) is 2.98. The van der Waals surface area contributed by atoms with Crippen LogP contribution in [-0.2, 0) is 0 Å². The highest BCUT2D eigenvalue weighted by molar-refractivity contribution is 6.05. The van der Waals surface area contributed by atoms with E-state index in [-0.39, 0.29) is 22.6 Å². The van der Waals surface area contributed by atoms with Crippen LogP contribution >= 0.6 is 0 Å². The van der Waals surface area contributed by atoms with Gasteiger partial charge in [0, 0.05) is 28.9 Å². The summed E-state index contributed by atoms with van der Waals surface area (Å²) < 4.78 is 11.2. The van der Waals surface area contributed by atoms with E-state index in [1.54, 1.807) is 61.5 Å². The standard InChI is InChI=1S/C31H26N4O7/c1-3-41-28-17-21(10-15-27(28)42-31(38)24-8-4-6-20(2)16-24)19-32-34-30(37)23-7-5-9-25(18-23)33-29(36)22-11-13-26(14-12-22)35(39)40/h4-19H,3H2,1-2H3,(H,33,36)(H,34,37). The molecule has 0 saturated carbocycles. The normalized spacial score (nSPS) is 10.6. The van der Waals surface area contributed by atoms with Gasteiger partial charge < -0.3 is 14.8 Å². The molecule has 0 atom stereocenters. The number of benzene rings is 4. The number of nitro benzene ring substituents is 1. The van der Waals surface area contributed by atoms with Crippen LogP contribution in [-0.4, -0.2) is 35.5 Å². The third kappa shape index (κ3) is 7.63. The van der Waals surface area contributed by atoms with E-state index in [0.29, 0.717) is 29.2 Å². The molecule has 2 amide bonds. The first-order valence-electron chi connectivity index (χ1n) is 12.8. The summed E-state index contributed by atoms with van der Waals surface area (Å²) in [5.41, 5.74) is 5.05. The number of nitrogens with zero attached hydrogens (tertiary/aromatic N) is 2. The Bertz CT molecular complexity index is 1670. The lowest BCUT2D eigenvalue weighted by Gasteiger charge is -2.11. The van der Waals surface area contributed by atoms with Crippen molar-refractivity contribution in [1.29, 1.82) is 0 Å². The molecule has 4 rings (SSSR count). The van der Waals surface area contributed by atoms with E-state index in [4.69, 9.17) is 9.47 Å². The zero-order valence-electron chi connectivity index (χ0n) is 22.7. The molecule has 2 N–H and O–H groups in total. The van der Waals surface area contributed by atoms with Crippen molar-refractivity contribution in [2.75, 3.05) is 11.9 Å². The first-order valence-corrected chi connectivity index (χ1v) is 12.8. The smallest absolute Gasteiger partial charge is 0.343 e. The van der Waals surface area contributed by atoms with Crippen molar-refractivity contribution >= 4 is 35.4 Å². The number of carbonyl (C=O) groups is 3. The Morgan fingerprint density at radius 2 is 1.60 bits per heavy atom. The van der Waals surface area contributed by atoms with Crippen molar-refractivity contribution in [2.45, 2.75) is 13.8 Å². The Hall–Kier alpha value is -5.84. The maximum absolute atomic E-state index is 12.7. The molecule has 4 aromatic carbocycles. The van der Waals surface area contributed by atoms with E-state index in [9.17, 15) is 24.5 Å². The number of rotatable bonds is 10. The van der Waals surface area contributed by atoms with Gasteiger partial charge >= 0.3 is 5.97 Å². The lowest BCUT2D eigenvalue weighted by atomic mass is 10.1. The van der Waals surface area contributed by atoms with Gasteiger partial charge in [0.05, 0.1) is 23.3 Å². The molecular formula is C31H26N4O7. The minimum Gasteiger partial charge on any atom is -0.490 e. The minimum atomic E-state index is -0.552. The summed E-state index contributed by atoms with van der Waals surface area (Å²) in [5.74, 6) is -0.938. The highest BCUT2D eigenvalue weighted by Crippen LogP contribution is 2.29. The molecule has 0 saturated heterocycles. The number of esters is 1. The number of non-ortho nitro benzene ring substituents is 1. The highest BCUT2D eigenvalue weighted by Gasteiger charge is 2.14. The van der Waals surface area contributed by atoms with Gasteiger partial charge in [0.15, 0.2) is 11.5 Å². The Morgan fingerprint density at radius 3 is 2.31 bits per heavy atom. The van der Waals surface area contributed by atoms with Crippen molar-refractivity contribution in [3.8, 4) is 11.5 Å². The summed E-state index contributed by atoms with van der Waals surface area (Å²) in [6.45, 7) is 4.02. The van der Waals surface area contributed by atoms with Gasteiger partial charge in [-0.05, 0) is 80.1 Å². The lowest BCUT2D eigenvalue weighted by Crippen LogP contribution is -2.18. The summed E-state index contributed by atoms with van der Waals surface area (Å²) in [6, 6.07) is 23.3. The van der Waals surface area contributed by atoms with Gasteiger partial charge in [-0.3, -0.25) is 19.7 Å². The average molecular weight is 567 g/mol. The van der Waals surface area contributed by atoms with Crippen LogP contribution in [0, 0.1) is 17.0 Å². The molecule has 4 aromatic rings. The lowest BCUT2D eigenvalue weighted by molar-refractivity contribution is -0.384. The number of hydrogen-bond acceptors (Lipinski definition) is 8. The Morgan fingerprint density at radius 1 is 0.857 bits per heavy atom. The quantitative estimate of drug-likeness (QED) is 0.0842. The first-order chi connectivity index (χ1) is 20.2. The van der Waals surface area contributed by atoms with Crippen LogP contribution in [0.4, 0.5) is 11.4 Å². The second-order valence-electron chi connectivity index (χ2n) is 8.94. The molecule has 42 heavy (non-hydrogen) atoms. The van der Waals surface area contributed by atoms with Crippen molar-refractivity contribution in [3.63, 3.8) is 0 Å². The maximum Gasteiger partial charge on any atom is 0.343 e. The minimum absolute atomic E-state index is 0.127. The number of hydrogen-bond donors (Lipinski definition) is 2. The van der Waals surface area contributed by atoms with Crippen molar-refractivity contribution in [1.82, 2.24) is 5.43 Å². The monoisotopic (exact) mass is 566 g/mol.